The normalized spacial score (nSPS) is 14.9. The van der Waals surface area contributed by atoms with Crippen LogP contribution in [0.3, 0.4) is 0 Å². The standard InChI is InChI=1S/C21H16N4O4S/c1-13(26)22-21-23-20(27)19(30-21)10-15-12-24(18-5-3-2-4-17(15)18)11-14-6-8-16(9-7-14)25(28)29/h2-10,12H,11H2,1H3,(H,22,23,26,27). The van der Waals surface area contributed by atoms with Crippen LogP contribution in [0.5, 0.6) is 0 Å². The van der Waals surface area contributed by atoms with Crippen molar-refractivity contribution >= 4 is 51.4 Å². The van der Waals surface area contributed by atoms with Gasteiger partial charge in [-0.05, 0) is 29.5 Å². The minimum atomic E-state index is -0.424. The number of nitrogens with zero attached hydrogens (tertiary/aromatic N) is 3. The van der Waals surface area contributed by atoms with E-state index in [9.17, 15) is 19.7 Å². The van der Waals surface area contributed by atoms with Gasteiger partial charge in [-0.15, -0.1) is 0 Å². The van der Waals surface area contributed by atoms with Crippen molar-refractivity contribution in [1.29, 1.82) is 0 Å². The average molecular weight is 420 g/mol. The molecular formula is C21H16N4O4S. The molecule has 3 aromatic rings. The largest absolute Gasteiger partial charge is 0.342 e. The van der Waals surface area contributed by atoms with Gasteiger partial charge in [0, 0.05) is 48.3 Å². The molecule has 2 amide bonds. The molecule has 1 N–H and O–H groups in total. The van der Waals surface area contributed by atoms with Crippen molar-refractivity contribution < 1.29 is 14.5 Å². The second-order valence-corrected chi connectivity index (χ2v) is 7.70. The summed E-state index contributed by atoms with van der Waals surface area (Å²) in [5.74, 6) is -0.675. The molecule has 4 rings (SSSR count). The average Bonchev–Trinajstić information content (AvgIpc) is 3.22. The number of non-ortho nitro benzene ring substituents is 1. The van der Waals surface area contributed by atoms with Gasteiger partial charge in [-0.3, -0.25) is 19.7 Å². The number of fused-ring (bicyclic) bond motifs is 1. The van der Waals surface area contributed by atoms with Gasteiger partial charge in [0.25, 0.3) is 11.6 Å². The Kier molecular flexibility index (Phi) is 5.20. The number of aliphatic imine (C=N–C) groups is 1. The van der Waals surface area contributed by atoms with Gasteiger partial charge in [0.2, 0.25) is 5.91 Å². The van der Waals surface area contributed by atoms with Crippen LogP contribution in [0.2, 0.25) is 0 Å². The lowest BCUT2D eigenvalue weighted by atomic mass is 10.1. The zero-order chi connectivity index (χ0) is 21.3. The molecule has 0 saturated carbocycles. The van der Waals surface area contributed by atoms with E-state index >= 15 is 0 Å². The van der Waals surface area contributed by atoms with Crippen LogP contribution in [0.25, 0.3) is 17.0 Å². The number of amides is 2. The summed E-state index contributed by atoms with van der Waals surface area (Å²) in [5, 5.41) is 14.6. The molecule has 30 heavy (non-hydrogen) atoms. The number of para-hydroxylation sites is 1. The van der Waals surface area contributed by atoms with E-state index in [1.807, 2.05) is 35.0 Å². The zero-order valence-corrected chi connectivity index (χ0v) is 16.7. The van der Waals surface area contributed by atoms with Gasteiger partial charge < -0.3 is 9.88 Å². The van der Waals surface area contributed by atoms with Crippen LogP contribution in [0, 0.1) is 10.1 Å². The maximum absolute atomic E-state index is 12.2. The third-order valence-electron chi connectivity index (χ3n) is 4.51. The van der Waals surface area contributed by atoms with Gasteiger partial charge in [-0.2, -0.15) is 4.99 Å². The Hall–Kier alpha value is -3.72. The minimum Gasteiger partial charge on any atom is -0.342 e. The summed E-state index contributed by atoms with van der Waals surface area (Å²) in [4.78, 5) is 38.1. The van der Waals surface area contributed by atoms with E-state index in [1.165, 1.54) is 19.1 Å². The highest BCUT2D eigenvalue weighted by Crippen LogP contribution is 2.31. The Labute approximate surface area is 175 Å². The van der Waals surface area contributed by atoms with E-state index in [0.717, 1.165) is 33.8 Å². The lowest BCUT2D eigenvalue weighted by Gasteiger charge is -2.05. The van der Waals surface area contributed by atoms with E-state index in [1.54, 1.807) is 18.2 Å². The predicted molar refractivity (Wildman–Crippen MR) is 116 cm³/mol. The second kappa shape index (κ2) is 7.96. The number of carbonyl (C=O) groups excluding carboxylic acids is 2. The lowest BCUT2D eigenvalue weighted by Crippen LogP contribution is -2.23. The molecule has 0 fully saturated rings. The van der Waals surface area contributed by atoms with Crippen LogP contribution in [-0.2, 0) is 16.1 Å². The summed E-state index contributed by atoms with van der Waals surface area (Å²) in [7, 11) is 0. The minimum absolute atomic E-state index is 0.0493. The summed E-state index contributed by atoms with van der Waals surface area (Å²) in [6.07, 6.45) is 3.70. The van der Waals surface area contributed by atoms with E-state index in [0.29, 0.717) is 11.4 Å². The molecule has 1 aliphatic rings. The summed E-state index contributed by atoms with van der Waals surface area (Å²) in [6, 6.07) is 14.2. The highest BCUT2D eigenvalue weighted by atomic mass is 32.2. The summed E-state index contributed by atoms with van der Waals surface area (Å²) < 4.78 is 2.03. The van der Waals surface area contributed by atoms with Gasteiger partial charge in [0.15, 0.2) is 5.17 Å². The fraction of sp³-hybridized carbons (Fsp3) is 0.0952. The monoisotopic (exact) mass is 420 g/mol. The number of rotatable bonds is 4. The first kappa shape index (κ1) is 19.6. The lowest BCUT2D eigenvalue weighted by molar-refractivity contribution is -0.384. The number of hydrogen-bond acceptors (Lipinski definition) is 5. The predicted octanol–water partition coefficient (Wildman–Crippen LogP) is 3.70. The Balaban J connectivity index is 1.65. The van der Waals surface area contributed by atoms with Crippen LogP contribution >= 0.6 is 11.8 Å². The van der Waals surface area contributed by atoms with E-state index < -0.39 is 10.8 Å². The molecule has 1 aliphatic heterocycles. The van der Waals surface area contributed by atoms with Gasteiger partial charge in [-0.1, -0.05) is 30.3 Å². The Morgan fingerprint density at radius 3 is 2.67 bits per heavy atom. The highest BCUT2D eigenvalue weighted by Gasteiger charge is 2.23. The Morgan fingerprint density at radius 1 is 1.23 bits per heavy atom. The maximum atomic E-state index is 12.2. The number of aromatic nitrogens is 1. The molecule has 2 heterocycles. The third kappa shape index (κ3) is 4.01. The first-order valence-electron chi connectivity index (χ1n) is 9.02. The van der Waals surface area contributed by atoms with Crippen LogP contribution in [0.1, 0.15) is 18.1 Å². The van der Waals surface area contributed by atoms with Crippen LogP contribution in [-0.4, -0.2) is 26.5 Å². The number of nitrogens with one attached hydrogen (secondary N) is 1. The molecule has 150 valence electrons. The Morgan fingerprint density at radius 2 is 1.97 bits per heavy atom. The zero-order valence-electron chi connectivity index (χ0n) is 15.9. The third-order valence-corrected chi connectivity index (χ3v) is 5.41. The van der Waals surface area contributed by atoms with Crippen molar-refractivity contribution in [3.05, 3.63) is 80.9 Å². The topological polar surface area (TPSA) is 107 Å². The molecule has 0 bridgehead atoms. The number of nitro benzene ring substituents is 1. The molecular weight excluding hydrogens is 404 g/mol. The van der Waals surface area contributed by atoms with Gasteiger partial charge in [0.05, 0.1) is 9.83 Å². The van der Waals surface area contributed by atoms with Gasteiger partial charge >= 0.3 is 0 Å². The summed E-state index contributed by atoms with van der Waals surface area (Å²) in [6.45, 7) is 1.89. The van der Waals surface area contributed by atoms with Crippen molar-refractivity contribution in [2.24, 2.45) is 4.99 Å². The van der Waals surface area contributed by atoms with Crippen molar-refractivity contribution in [2.75, 3.05) is 0 Å². The summed E-state index contributed by atoms with van der Waals surface area (Å²) >= 11 is 1.12. The maximum Gasteiger partial charge on any atom is 0.286 e. The molecule has 0 aliphatic carbocycles. The number of hydrogen-bond donors (Lipinski definition) is 1. The SMILES string of the molecule is CC(=O)NC1=NC(=O)C(=Cc2cn(Cc3ccc([N+](=O)[O-])cc3)c3ccccc23)S1. The Bertz CT molecular complexity index is 1240. The quantitative estimate of drug-likeness (QED) is 0.393. The fourth-order valence-electron chi connectivity index (χ4n) is 3.20. The molecule has 0 atom stereocenters. The first-order chi connectivity index (χ1) is 14.4. The second-order valence-electron chi connectivity index (χ2n) is 6.67. The molecule has 2 aromatic carbocycles. The van der Waals surface area contributed by atoms with Gasteiger partial charge in [-0.25, -0.2) is 0 Å². The number of nitro groups is 1. The van der Waals surface area contributed by atoms with Crippen molar-refractivity contribution in [1.82, 2.24) is 9.88 Å². The van der Waals surface area contributed by atoms with Crippen LogP contribution in [0.4, 0.5) is 5.69 Å². The molecule has 0 radical (unpaired) electrons. The number of amidine groups is 1. The number of carbonyl (C=O) groups is 2. The van der Waals surface area contributed by atoms with E-state index in [4.69, 9.17) is 0 Å². The van der Waals surface area contributed by atoms with Crippen molar-refractivity contribution in [2.45, 2.75) is 13.5 Å². The first-order valence-corrected chi connectivity index (χ1v) is 9.84. The molecule has 0 spiro atoms. The van der Waals surface area contributed by atoms with Crippen LogP contribution in [0.15, 0.2) is 64.6 Å². The number of benzene rings is 2. The number of thioether (sulfide) groups is 1. The molecule has 0 unspecified atom stereocenters. The molecule has 9 heteroatoms. The van der Waals surface area contributed by atoms with Crippen molar-refractivity contribution in [3.8, 4) is 0 Å². The van der Waals surface area contributed by atoms with E-state index in [-0.39, 0.29) is 16.8 Å². The smallest absolute Gasteiger partial charge is 0.286 e. The van der Waals surface area contributed by atoms with Crippen LogP contribution < -0.4 is 5.32 Å². The molecule has 8 nitrogen and oxygen atoms in total. The fourth-order valence-corrected chi connectivity index (χ4v) is 4.05. The highest BCUT2D eigenvalue weighted by molar-refractivity contribution is 8.18. The molecule has 0 saturated heterocycles. The van der Waals surface area contributed by atoms with Crippen molar-refractivity contribution in [3.63, 3.8) is 0 Å². The van der Waals surface area contributed by atoms with Gasteiger partial charge in [0.1, 0.15) is 0 Å². The molecule has 1 aromatic heterocycles. The summed E-state index contributed by atoms with van der Waals surface area (Å²) in [5.41, 5.74) is 2.79. The van der Waals surface area contributed by atoms with E-state index in [2.05, 4.69) is 10.3 Å².